The van der Waals surface area contributed by atoms with Crippen LogP contribution in [0.3, 0.4) is 0 Å². The van der Waals surface area contributed by atoms with E-state index in [1.165, 1.54) is 0 Å². The Hall–Kier alpha value is -1.10. The lowest BCUT2D eigenvalue weighted by atomic mass is 10.1. The first-order valence-corrected chi connectivity index (χ1v) is 7.37. The third-order valence-corrected chi connectivity index (χ3v) is 3.00. The standard InChI is InChI=1S/C16H27NO3/c1-5-11-17-15(16(19-6-2)20-7-3)13-9-8-10-14(12-13)18-4/h8-10,12,15-17H,5-7,11H2,1-4H3. The number of benzene rings is 1. The van der Waals surface area contributed by atoms with Crippen LogP contribution in [0.15, 0.2) is 24.3 Å². The molecule has 0 amide bonds. The van der Waals surface area contributed by atoms with E-state index in [0.29, 0.717) is 13.2 Å². The molecule has 0 aliphatic rings. The first-order chi connectivity index (χ1) is 9.76. The van der Waals surface area contributed by atoms with Crippen LogP contribution >= 0.6 is 0 Å². The van der Waals surface area contributed by atoms with Crippen molar-refractivity contribution in [3.63, 3.8) is 0 Å². The summed E-state index contributed by atoms with van der Waals surface area (Å²) in [7, 11) is 1.68. The molecule has 0 heterocycles. The predicted molar refractivity (Wildman–Crippen MR) is 81.1 cm³/mol. The average molecular weight is 281 g/mol. The minimum absolute atomic E-state index is 0.00458. The molecule has 4 heteroatoms. The Morgan fingerprint density at radius 2 is 1.80 bits per heavy atom. The van der Waals surface area contributed by atoms with Gasteiger partial charge in [0.15, 0.2) is 6.29 Å². The van der Waals surface area contributed by atoms with Crippen LogP contribution in [-0.4, -0.2) is 33.2 Å². The summed E-state index contributed by atoms with van der Waals surface area (Å²) in [5, 5.41) is 3.50. The van der Waals surface area contributed by atoms with Crippen LogP contribution in [0.25, 0.3) is 0 Å². The smallest absolute Gasteiger partial charge is 0.176 e. The molecule has 1 unspecified atom stereocenters. The Balaban J connectivity index is 2.94. The summed E-state index contributed by atoms with van der Waals surface area (Å²) >= 11 is 0. The van der Waals surface area contributed by atoms with E-state index in [2.05, 4.69) is 18.3 Å². The van der Waals surface area contributed by atoms with Gasteiger partial charge in [-0.05, 0) is 44.5 Å². The Morgan fingerprint density at radius 1 is 1.10 bits per heavy atom. The highest BCUT2D eigenvalue weighted by Crippen LogP contribution is 2.24. The van der Waals surface area contributed by atoms with Crippen molar-refractivity contribution in [3.8, 4) is 5.75 Å². The van der Waals surface area contributed by atoms with Gasteiger partial charge >= 0.3 is 0 Å². The summed E-state index contributed by atoms with van der Waals surface area (Å²) in [6.07, 6.45) is 0.773. The minimum atomic E-state index is -0.288. The molecular weight excluding hydrogens is 254 g/mol. The summed E-state index contributed by atoms with van der Waals surface area (Å²) in [6, 6.07) is 8.03. The third-order valence-electron chi connectivity index (χ3n) is 3.00. The summed E-state index contributed by atoms with van der Waals surface area (Å²) in [6.45, 7) is 8.27. The van der Waals surface area contributed by atoms with Crippen LogP contribution < -0.4 is 10.1 Å². The zero-order chi connectivity index (χ0) is 14.8. The zero-order valence-electron chi connectivity index (χ0n) is 13.0. The largest absolute Gasteiger partial charge is 0.497 e. The fourth-order valence-electron chi connectivity index (χ4n) is 2.08. The molecule has 114 valence electrons. The molecule has 1 aromatic carbocycles. The van der Waals surface area contributed by atoms with Crippen molar-refractivity contribution in [2.75, 3.05) is 26.9 Å². The van der Waals surface area contributed by atoms with Gasteiger partial charge in [0.05, 0.1) is 13.2 Å². The van der Waals surface area contributed by atoms with Gasteiger partial charge < -0.3 is 19.5 Å². The van der Waals surface area contributed by atoms with Crippen LogP contribution in [0.2, 0.25) is 0 Å². The molecule has 0 bridgehead atoms. The molecule has 0 spiro atoms. The Morgan fingerprint density at radius 3 is 2.35 bits per heavy atom. The Labute approximate surface area is 122 Å². The first kappa shape index (κ1) is 17.0. The topological polar surface area (TPSA) is 39.7 Å². The number of hydrogen-bond acceptors (Lipinski definition) is 4. The SMILES string of the molecule is CCCNC(c1cccc(OC)c1)C(OCC)OCC. The minimum Gasteiger partial charge on any atom is -0.497 e. The Bertz CT molecular complexity index is 364. The van der Waals surface area contributed by atoms with E-state index in [-0.39, 0.29) is 12.3 Å². The van der Waals surface area contributed by atoms with Gasteiger partial charge in [-0.2, -0.15) is 0 Å². The van der Waals surface area contributed by atoms with E-state index >= 15 is 0 Å². The number of hydrogen-bond donors (Lipinski definition) is 1. The summed E-state index contributed by atoms with van der Waals surface area (Å²) in [5.74, 6) is 0.845. The highest BCUT2D eigenvalue weighted by molar-refractivity contribution is 5.30. The van der Waals surface area contributed by atoms with Crippen molar-refractivity contribution in [3.05, 3.63) is 29.8 Å². The van der Waals surface area contributed by atoms with Crippen molar-refractivity contribution in [1.29, 1.82) is 0 Å². The van der Waals surface area contributed by atoms with Gasteiger partial charge in [0.2, 0.25) is 0 Å². The molecule has 0 radical (unpaired) electrons. The monoisotopic (exact) mass is 281 g/mol. The zero-order valence-corrected chi connectivity index (χ0v) is 13.0. The fraction of sp³-hybridized carbons (Fsp3) is 0.625. The van der Waals surface area contributed by atoms with Crippen molar-refractivity contribution >= 4 is 0 Å². The number of rotatable bonds is 10. The maximum Gasteiger partial charge on any atom is 0.176 e. The second-order valence-electron chi connectivity index (χ2n) is 4.49. The first-order valence-electron chi connectivity index (χ1n) is 7.37. The molecule has 1 aromatic rings. The lowest BCUT2D eigenvalue weighted by Gasteiger charge is -2.28. The van der Waals surface area contributed by atoms with Crippen LogP contribution in [0.5, 0.6) is 5.75 Å². The van der Waals surface area contributed by atoms with E-state index in [1.807, 2.05) is 32.0 Å². The summed E-state index contributed by atoms with van der Waals surface area (Å²) in [4.78, 5) is 0. The lowest BCUT2D eigenvalue weighted by Crippen LogP contribution is -2.36. The maximum atomic E-state index is 5.74. The van der Waals surface area contributed by atoms with Gasteiger partial charge in [0.25, 0.3) is 0 Å². The third kappa shape index (κ3) is 5.12. The average Bonchev–Trinajstić information content (AvgIpc) is 2.48. The second-order valence-corrected chi connectivity index (χ2v) is 4.49. The van der Waals surface area contributed by atoms with Crippen molar-refractivity contribution in [2.24, 2.45) is 0 Å². The summed E-state index contributed by atoms with van der Waals surface area (Å²) in [5.41, 5.74) is 1.12. The molecule has 0 saturated heterocycles. The summed E-state index contributed by atoms with van der Waals surface area (Å²) < 4.78 is 16.8. The normalized spacial score (nSPS) is 12.7. The van der Waals surface area contributed by atoms with Crippen molar-refractivity contribution in [1.82, 2.24) is 5.32 Å². The van der Waals surface area contributed by atoms with Gasteiger partial charge in [-0.3, -0.25) is 0 Å². The van der Waals surface area contributed by atoms with Crippen LogP contribution in [-0.2, 0) is 9.47 Å². The van der Waals surface area contributed by atoms with E-state index < -0.39 is 0 Å². The molecular formula is C16H27NO3. The van der Waals surface area contributed by atoms with E-state index in [0.717, 1.165) is 24.3 Å². The maximum absolute atomic E-state index is 5.74. The molecule has 1 rings (SSSR count). The lowest BCUT2D eigenvalue weighted by molar-refractivity contribution is -0.155. The van der Waals surface area contributed by atoms with Gasteiger partial charge in [-0.1, -0.05) is 19.1 Å². The quantitative estimate of drug-likeness (QED) is 0.669. The number of nitrogens with one attached hydrogen (secondary N) is 1. The molecule has 4 nitrogen and oxygen atoms in total. The van der Waals surface area contributed by atoms with Crippen molar-refractivity contribution in [2.45, 2.75) is 39.5 Å². The van der Waals surface area contributed by atoms with Crippen molar-refractivity contribution < 1.29 is 14.2 Å². The molecule has 1 atom stereocenters. The van der Waals surface area contributed by atoms with Crippen LogP contribution in [0.4, 0.5) is 0 Å². The van der Waals surface area contributed by atoms with E-state index in [9.17, 15) is 0 Å². The second kappa shape index (κ2) is 9.75. The molecule has 0 saturated carbocycles. The van der Waals surface area contributed by atoms with Gasteiger partial charge in [0, 0.05) is 13.2 Å². The highest BCUT2D eigenvalue weighted by atomic mass is 16.7. The Kier molecular flexibility index (Phi) is 8.26. The number of ether oxygens (including phenoxy) is 3. The van der Waals surface area contributed by atoms with Gasteiger partial charge in [-0.25, -0.2) is 0 Å². The molecule has 0 aliphatic carbocycles. The molecule has 0 fully saturated rings. The van der Waals surface area contributed by atoms with E-state index in [1.54, 1.807) is 7.11 Å². The van der Waals surface area contributed by atoms with Crippen LogP contribution in [0.1, 0.15) is 38.8 Å². The highest BCUT2D eigenvalue weighted by Gasteiger charge is 2.23. The molecule has 20 heavy (non-hydrogen) atoms. The van der Waals surface area contributed by atoms with E-state index in [4.69, 9.17) is 14.2 Å². The molecule has 0 aliphatic heterocycles. The number of methoxy groups -OCH3 is 1. The van der Waals surface area contributed by atoms with Gasteiger partial charge in [-0.15, -0.1) is 0 Å². The molecule has 0 aromatic heterocycles. The molecule has 1 N–H and O–H groups in total. The fourth-order valence-corrected chi connectivity index (χ4v) is 2.08. The van der Waals surface area contributed by atoms with Crippen LogP contribution in [0, 0.1) is 0 Å². The predicted octanol–water partition coefficient (Wildman–Crippen LogP) is 3.14. The van der Waals surface area contributed by atoms with Gasteiger partial charge in [0.1, 0.15) is 5.75 Å².